The Labute approximate surface area is 149 Å². The van der Waals surface area contributed by atoms with Crippen LogP contribution in [0.5, 0.6) is 0 Å². The first-order chi connectivity index (χ1) is 11.4. The molecule has 0 aliphatic heterocycles. The first kappa shape index (κ1) is 23.8. The van der Waals surface area contributed by atoms with E-state index in [4.69, 9.17) is 0 Å². The minimum Gasteiger partial charge on any atom is -0.283 e. The SMILES string of the molecule is CCCCCCCCCCCCC(F)(CCCCCC)S(=O)(=O)O. The van der Waals surface area contributed by atoms with Crippen molar-refractivity contribution >= 4 is 10.1 Å². The number of halogens is 1. The summed E-state index contributed by atoms with van der Waals surface area (Å²) < 4.78 is 46.6. The van der Waals surface area contributed by atoms with Crippen LogP contribution in [0.15, 0.2) is 0 Å². The molecular formula is C19H39FO3S. The summed E-state index contributed by atoms with van der Waals surface area (Å²) in [5, 5.41) is -2.44. The highest BCUT2D eigenvalue weighted by Crippen LogP contribution is 2.32. The lowest BCUT2D eigenvalue weighted by atomic mass is 10.0. The normalized spacial score (nSPS) is 14.7. The van der Waals surface area contributed by atoms with Gasteiger partial charge in [-0.25, -0.2) is 4.39 Å². The van der Waals surface area contributed by atoms with Gasteiger partial charge in [-0.3, -0.25) is 4.55 Å². The van der Waals surface area contributed by atoms with Gasteiger partial charge in [-0.05, 0) is 25.7 Å². The minimum atomic E-state index is -4.63. The van der Waals surface area contributed by atoms with Crippen molar-refractivity contribution < 1.29 is 17.4 Å². The van der Waals surface area contributed by atoms with Crippen LogP contribution >= 0.6 is 0 Å². The van der Waals surface area contributed by atoms with E-state index in [1.165, 1.54) is 38.5 Å². The Morgan fingerprint density at radius 1 is 0.667 bits per heavy atom. The quantitative estimate of drug-likeness (QED) is 0.227. The summed E-state index contributed by atoms with van der Waals surface area (Å²) in [5.74, 6) is 0. The van der Waals surface area contributed by atoms with Crippen molar-refractivity contribution in [1.82, 2.24) is 0 Å². The van der Waals surface area contributed by atoms with Crippen LogP contribution in [0.4, 0.5) is 4.39 Å². The predicted octanol–water partition coefficient (Wildman–Crippen LogP) is 6.82. The molecule has 0 radical (unpaired) electrons. The molecule has 0 amide bonds. The monoisotopic (exact) mass is 366 g/mol. The Morgan fingerprint density at radius 3 is 1.29 bits per heavy atom. The molecule has 146 valence electrons. The van der Waals surface area contributed by atoms with Gasteiger partial charge in [-0.15, -0.1) is 0 Å². The van der Waals surface area contributed by atoms with E-state index in [2.05, 4.69) is 13.8 Å². The Kier molecular flexibility index (Phi) is 14.0. The molecule has 5 heteroatoms. The fourth-order valence-electron chi connectivity index (χ4n) is 3.08. The molecule has 1 unspecified atom stereocenters. The smallest absolute Gasteiger partial charge is 0.283 e. The van der Waals surface area contributed by atoms with Gasteiger partial charge in [0.25, 0.3) is 10.1 Å². The average molecular weight is 367 g/mol. The van der Waals surface area contributed by atoms with Gasteiger partial charge < -0.3 is 0 Å². The predicted molar refractivity (Wildman–Crippen MR) is 101 cm³/mol. The fourth-order valence-corrected chi connectivity index (χ4v) is 3.88. The van der Waals surface area contributed by atoms with Crippen LogP contribution in [0, 0.1) is 0 Å². The van der Waals surface area contributed by atoms with Crippen LogP contribution in [-0.2, 0) is 10.1 Å². The van der Waals surface area contributed by atoms with E-state index >= 15 is 0 Å². The Morgan fingerprint density at radius 2 is 0.958 bits per heavy atom. The molecule has 1 atom stereocenters. The van der Waals surface area contributed by atoms with E-state index in [1.54, 1.807) is 0 Å². The molecule has 0 aliphatic carbocycles. The van der Waals surface area contributed by atoms with Gasteiger partial charge in [-0.2, -0.15) is 8.42 Å². The lowest BCUT2D eigenvalue weighted by Gasteiger charge is -2.22. The third-order valence-corrected chi connectivity index (χ3v) is 6.10. The molecular weight excluding hydrogens is 327 g/mol. The summed E-state index contributed by atoms with van der Waals surface area (Å²) in [6.45, 7) is 4.26. The summed E-state index contributed by atoms with van der Waals surface area (Å²) in [4.78, 5) is 0. The topological polar surface area (TPSA) is 54.4 Å². The minimum absolute atomic E-state index is 0.0749. The number of rotatable bonds is 17. The second-order valence-electron chi connectivity index (χ2n) is 7.10. The number of alkyl halides is 1. The zero-order valence-electron chi connectivity index (χ0n) is 15.9. The van der Waals surface area contributed by atoms with Crippen LogP contribution in [0.2, 0.25) is 0 Å². The molecule has 0 aromatic rings. The molecule has 1 N–H and O–H groups in total. The summed E-state index contributed by atoms with van der Waals surface area (Å²) >= 11 is 0. The van der Waals surface area contributed by atoms with Crippen molar-refractivity contribution in [1.29, 1.82) is 0 Å². The molecule has 3 nitrogen and oxygen atoms in total. The summed E-state index contributed by atoms with van der Waals surface area (Å²) in [6.07, 6.45) is 14.3. The maximum absolute atomic E-state index is 14.6. The van der Waals surface area contributed by atoms with E-state index < -0.39 is 15.1 Å². The second-order valence-corrected chi connectivity index (χ2v) is 8.78. The molecule has 0 rings (SSSR count). The highest BCUT2D eigenvalue weighted by Gasteiger charge is 2.41. The van der Waals surface area contributed by atoms with Gasteiger partial charge in [0, 0.05) is 0 Å². The zero-order chi connectivity index (χ0) is 18.3. The van der Waals surface area contributed by atoms with Gasteiger partial charge in [0.1, 0.15) is 0 Å². The first-order valence-corrected chi connectivity index (χ1v) is 11.5. The molecule has 0 fully saturated rings. The van der Waals surface area contributed by atoms with Crippen molar-refractivity contribution in [2.24, 2.45) is 0 Å². The largest absolute Gasteiger partial charge is 0.300 e. The highest BCUT2D eigenvalue weighted by molar-refractivity contribution is 7.87. The third kappa shape index (κ3) is 11.4. The summed E-state index contributed by atoms with van der Waals surface area (Å²) in [5.41, 5.74) is 0. The maximum atomic E-state index is 14.6. The Hall–Kier alpha value is -0.160. The van der Waals surface area contributed by atoms with Gasteiger partial charge in [0.05, 0.1) is 0 Å². The van der Waals surface area contributed by atoms with E-state index in [0.29, 0.717) is 12.8 Å². The van der Waals surface area contributed by atoms with Crippen LogP contribution in [0.3, 0.4) is 0 Å². The highest BCUT2D eigenvalue weighted by atomic mass is 32.2. The van der Waals surface area contributed by atoms with Crippen molar-refractivity contribution in [2.45, 2.75) is 122 Å². The van der Waals surface area contributed by atoms with E-state index in [-0.39, 0.29) is 12.8 Å². The second kappa shape index (κ2) is 14.1. The molecule has 0 aliphatic rings. The third-order valence-electron chi connectivity index (χ3n) is 4.77. The van der Waals surface area contributed by atoms with E-state index in [0.717, 1.165) is 38.5 Å². The van der Waals surface area contributed by atoms with Crippen LogP contribution in [-0.4, -0.2) is 18.0 Å². The van der Waals surface area contributed by atoms with Crippen LogP contribution < -0.4 is 0 Å². The Bertz CT molecular complexity index is 384. The molecule has 0 aromatic carbocycles. The first-order valence-electron chi connectivity index (χ1n) is 10.0. The van der Waals surface area contributed by atoms with Crippen molar-refractivity contribution in [3.63, 3.8) is 0 Å². The van der Waals surface area contributed by atoms with Crippen molar-refractivity contribution in [3.05, 3.63) is 0 Å². The summed E-state index contributed by atoms with van der Waals surface area (Å²) in [7, 11) is -4.63. The summed E-state index contributed by atoms with van der Waals surface area (Å²) in [6, 6.07) is 0. The van der Waals surface area contributed by atoms with Gasteiger partial charge in [-0.1, -0.05) is 90.9 Å². The average Bonchev–Trinajstić information content (AvgIpc) is 2.52. The molecule has 0 saturated heterocycles. The van der Waals surface area contributed by atoms with Gasteiger partial charge >= 0.3 is 0 Å². The van der Waals surface area contributed by atoms with Crippen LogP contribution in [0.25, 0.3) is 0 Å². The molecule has 0 aromatic heterocycles. The van der Waals surface area contributed by atoms with E-state index in [1.807, 2.05) is 0 Å². The molecule has 0 bridgehead atoms. The van der Waals surface area contributed by atoms with Crippen LogP contribution in [0.1, 0.15) is 117 Å². The Balaban J connectivity index is 3.87. The van der Waals surface area contributed by atoms with Gasteiger partial charge in [0.2, 0.25) is 5.00 Å². The van der Waals surface area contributed by atoms with Crippen molar-refractivity contribution in [3.8, 4) is 0 Å². The standard InChI is InChI=1S/C19H39FO3S/c1-3-5-7-9-10-11-12-13-14-16-18-19(20,24(21,22)23)17-15-8-6-4-2/h3-18H2,1-2H3,(H,21,22,23). The van der Waals surface area contributed by atoms with E-state index in [9.17, 15) is 17.4 Å². The number of hydrogen-bond acceptors (Lipinski definition) is 2. The maximum Gasteiger partial charge on any atom is 0.300 e. The molecule has 0 saturated carbocycles. The number of unbranched alkanes of at least 4 members (excludes halogenated alkanes) is 12. The van der Waals surface area contributed by atoms with Gasteiger partial charge in [0.15, 0.2) is 0 Å². The lowest BCUT2D eigenvalue weighted by Crippen LogP contribution is -2.33. The zero-order valence-corrected chi connectivity index (χ0v) is 16.7. The molecule has 0 heterocycles. The lowest BCUT2D eigenvalue weighted by molar-refractivity contribution is 0.203. The fraction of sp³-hybridized carbons (Fsp3) is 1.00. The van der Waals surface area contributed by atoms with Crippen molar-refractivity contribution in [2.75, 3.05) is 0 Å². The number of hydrogen-bond donors (Lipinski definition) is 1. The molecule has 24 heavy (non-hydrogen) atoms. The molecule has 0 spiro atoms.